The number of carbonyl (C=O) groups excluding carboxylic acids is 3. The van der Waals surface area contributed by atoms with E-state index in [4.69, 9.17) is 27.9 Å². The van der Waals surface area contributed by atoms with Crippen LogP contribution in [0.2, 0.25) is 10.0 Å². The lowest BCUT2D eigenvalue weighted by Crippen LogP contribution is -2.58. The Morgan fingerprint density at radius 1 is 1.08 bits per heavy atom. The molecule has 0 radical (unpaired) electrons. The van der Waals surface area contributed by atoms with Crippen LogP contribution in [-0.4, -0.2) is 24.5 Å². The van der Waals surface area contributed by atoms with Crippen molar-refractivity contribution in [1.82, 2.24) is 5.32 Å². The molecule has 5 rings (SSSR count). The van der Waals surface area contributed by atoms with Gasteiger partial charge in [0.2, 0.25) is 11.8 Å². The standard InChI is InChI=1S/C27H21BrCl2N2O4/c1-2-36-26(35)32-22-13-17(30)10-11-19(22)27(25(32)34)20(15-6-5-7-16(29)12-15)14-23(33)31-24(27)18-8-3-4-9-21(18)28/h3-13,20,24H,2,14H2,1H3,(H,31,33). The molecule has 0 aromatic heterocycles. The minimum Gasteiger partial charge on any atom is -0.449 e. The molecule has 2 heterocycles. The Morgan fingerprint density at radius 2 is 1.83 bits per heavy atom. The zero-order valence-corrected chi connectivity index (χ0v) is 22.2. The van der Waals surface area contributed by atoms with Crippen LogP contribution < -0.4 is 10.2 Å². The molecule has 3 atom stereocenters. The fourth-order valence-corrected chi connectivity index (χ4v) is 6.33. The molecular weight excluding hydrogens is 567 g/mol. The van der Waals surface area contributed by atoms with Crippen LogP contribution in [0.1, 0.15) is 42.0 Å². The van der Waals surface area contributed by atoms with Gasteiger partial charge in [-0.05, 0) is 53.9 Å². The molecular formula is C27H21BrCl2N2O4. The molecule has 0 bridgehead atoms. The zero-order valence-electron chi connectivity index (χ0n) is 19.1. The highest BCUT2D eigenvalue weighted by Crippen LogP contribution is 2.60. The first-order chi connectivity index (χ1) is 17.3. The number of ether oxygens (including phenoxy) is 1. The van der Waals surface area contributed by atoms with Gasteiger partial charge in [-0.1, -0.05) is 75.5 Å². The molecule has 3 unspecified atom stereocenters. The van der Waals surface area contributed by atoms with Gasteiger partial charge in [-0.2, -0.15) is 0 Å². The van der Waals surface area contributed by atoms with E-state index in [1.54, 1.807) is 43.3 Å². The molecule has 36 heavy (non-hydrogen) atoms. The third-order valence-electron chi connectivity index (χ3n) is 6.82. The van der Waals surface area contributed by atoms with Gasteiger partial charge < -0.3 is 10.1 Å². The van der Waals surface area contributed by atoms with E-state index in [9.17, 15) is 14.4 Å². The van der Waals surface area contributed by atoms with E-state index in [1.807, 2.05) is 30.3 Å². The van der Waals surface area contributed by atoms with Crippen molar-refractivity contribution >= 4 is 62.7 Å². The minimum absolute atomic E-state index is 0.0196. The zero-order chi connectivity index (χ0) is 25.6. The van der Waals surface area contributed by atoms with E-state index in [0.717, 1.165) is 14.9 Å². The number of imide groups is 1. The van der Waals surface area contributed by atoms with E-state index < -0.39 is 29.4 Å². The number of anilines is 1. The molecule has 0 saturated carbocycles. The summed E-state index contributed by atoms with van der Waals surface area (Å²) < 4.78 is 6.00. The molecule has 2 aliphatic rings. The SMILES string of the molecule is CCOC(=O)N1C(=O)C2(c3ccc(Cl)cc31)C(c1cccc(Cl)c1)CC(=O)NC2c1ccccc1Br. The van der Waals surface area contributed by atoms with Gasteiger partial charge in [0.15, 0.2) is 0 Å². The van der Waals surface area contributed by atoms with Crippen molar-refractivity contribution in [1.29, 1.82) is 0 Å². The topological polar surface area (TPSA) is 75.7 Å². The van der Waals surface area contributed by atoms with Crippen molar-refractivity contribution in [3.8, 4) is 0 Å². The molecule has 1 fully saturated rings. The number of rotatable bonds is 3. The first-order valence-electron chi connectivity index (χ1n) is 11.4. The Balaban J connectivity index is 1.86. The Bertz CT molecular complexity index is 1400. The summed E-state index contributed by atoms with van der Waals surface area (Å²) in [5.41, 5.74) is 0.962. The van der Waals surface area contributed by atoms with Crippen molar-refractivity contribution in [2.75, 3.05) is 11.5 Å². The molecule has 9 heteroatoms. The molecule has 1 spiro atoms. The minimum atomic E-state index is -1.38. The molecule has 184 valence electrons. The van der Waals surface area contributed by atoms with Gasteiger partial charge in [-0.15, -0.1) is 0 Å². The van der Waals surface area contributed by atoms with Crippen molar-refractivity contribution in [2.45, 2.75) is 30.7 Å². The number of fused-ring (bicyclic) bond motifs is 2. The second-order valence-electron chi connectivity index (χ2n) is 8.70. The third kappa shape index (κ3) is 3.81. The summed E-state index contributed by atoms with van der Waals surface area (Å²) >= 11 is 16.3. The molecule has 2 aliphatic heterocycles. The number of carbonyl (C=O) groups is 3. The van der Waals surface area contributed by atoms with Gasteiger partial charge in [0.1, 0.15) is 5.41 Å². The largest absolute Gasteiger partial charge is 0.449 e. The molecule has 3 aromatic carbocycles. The Labute approximate surface area is 226 Å². The van der Waals surface area contributed by atoms with E-state index >= 15 is 0 Å². The average molecular weight is 588 g/mol. The lowest BCUT2D eigenvalue weighted by Gasteiger charge is -2.47. The number of nitrogens with zero attached hydrogens (tertiary/aromatic N) is 1. The first-order valence-corrected chi connectivity index (χ1v) is 12.9. The van der Waals surface area contributed by atoms with Crippen LogP contribution in [0.5, 0.6) is 0 Å². The summed E-state index contributed by atoms with van der Waals surface area (Å²) in [4.78, 5) is 42.0. The third-order valence-corrected chi connectivity index (χ3v) is 8.01. The second-order valence-corrected chi connectivity index (χ2v) is 10.4. The summed E-state index contributed by atoms with van der Waals surface area (Å²) in [7, 11) is 0. The van der Waals surface area contributed by atoms with Crippen molar-refractivity contribution in [3.05, 3.63) is 97.9 Å². The Kier molecular flexibility index (Phi) is 6.57. The maximum Gasteiger partial charge on any atom is 0.421 e. The van der Waals surface area contributed by atoms with Crippen molar-refractivity contribution in [2.24, 2.45) is 0 Å². The van der Waals surface area contributed by atoms with Crippen LogP contribution in [0.15, 0.2) is 71.2 Å². The lowest BCUT2D eigenvalue weighted by molar-refractivity contribution is -0.132. The predicted octanol–water partition coefficient (Wildman–Crippen LogP) is 6.54. The molecule has 1 N–H and O–H groups in total. The number of halogens is 3. The number of amides is 3. The summed E-state index contributed by atoms with van der Waals surface area (Å²) in [5.74, 6) is -1.35. The van der Waals surface area contributed by atoms with E-state index in [0.29, 0.717) is 26.9 Å². The van der Waals surface area contributed by atoms with Crippen LogP contribution in [0.25, 0.3) is 0 Å². The summed E-state index contributed by atoms with van der Waals surface area (Å²) in [6, 6.07) is 18.8. The molecule has 3 aromatic rings. The number of hydrogen-bond donors (Lipinski definition) is 1. The monoisotopic (exact) mass is 586 g/mol. The van der Waals surface area contributed by atoms with Crippen LogP contribution in [0, 0.1) is 0 Å². The molecule has 1 saturated heterocycles. The maximum absolute atomic E-state index is 14.6. The summed E-state index contributed by atoms with van der Waals surface area (Å²) in [5, 5.41) is 3.91. The van der Waals surface area contributed by atoms with Gasteiger partial charge in [-0.3, -0.25) is 9.59 Å². The Hall–Kier alpha value is -2.87. The lowest BCUT2D eigenvalue weighted by atomic mass is 9.59. The maximum atomic E-state index is 14.6. The van der Waals surface area contributed by atoms with E-state index in [2.05, 4.69) is 21.2 Å². The van der Waals surface area contributed by atoms with Gasteiger partial charge in [0.25, 0.3) is 0 Å². The average Bonchev–Trinajstić information content (AvgIpc) is 3.09. The Morgan fingerprint density at radius 3 is 2.56 bits per heavy atom. The smallest absolute Gasteiger partial charge is 0.421 e. The highest BCUT2D eigenvalue weighted by Gasteiger charge is 2.64. The molecule has 6 nitrogen and oxygen atoms in total. The predicted molar refractivity (Wildman–Crippen MR) is 141 cm³/mol. The number of benzene rings is 3. The summed E-state index contributed by atoms with van der Waals surface area (Å²) in [6.07, 6.45) is -0.776. The van der Waals surface area contributed by atoms with Crippen LogP contribution in [-0.2, 0) is 19.7 Å². The number of hydrogen-bond acceptors (Lipinski definition) is 4. The van der Waals surface area contributed by atoms with Gasteiger partial charge in [0, 0.05) is 26.9 Å². The van der Waals surface area contributed by atoms with Crippen LogP contribution in [0.3, 0.4) is 0 Å². The normalized spacial score (nSPS) is 22.9. The second kappa shape index (κ2) is 9.54. The number of piperidine rings is 1. The quantitative estimate of drug-likeness (QED) is 0.377. The summed E-state index contributed by atoms with van der Waals surface area (Å²) in [6.45, 7) is 1.76. The van der Waals surface area contributed by atoms with Gasteiger partial charge in [0.05, 0.1) is 18.3 Å². The van der Waals surface area contributed by atoms with Crippen molar-refractivity contribution < 1.29 is 19.1 Å². The van der Waals surface area contributed by atoms with Crippen LogP contribution >= 0.6 is 39.1 Å². The molecule has 0 aliphatic carbocycles. The van der Waals surface area contributed by atoms with E-state index in [-0.39, 0.29) is 18.9 Å². The van der Waals surface area contributed by atoms with Crippen molar-refractivity contribution in [3.63, 3.8) is 0 Å². The fourth-order valence-electron chi connectivity index (χ4n) is 5.45. The van der Waals surface area contributed by atoms with Crippen LogP contribution in [0.4, 0.5) is 10.5 Å². The van der Waals surface area contributed by atoms with E-state index in [1.165, 1.54) is 0 Å². The van der Waals surface area contributed by atoms with Gasteiger partial charge in [-0.25, -0.2) is 9.69 Å². The molecule has 3 amide bonds. The number of nitrogens with one attached hydrogen (secondary N) is 1. The highest BCUT2D eigenvalue weighted by molar-refractivity contribution is 9.10. The first kappa shape index (κ1) is 24.8. The fraction of sp³-hybridized carbons (Fsp3) is 0.222. The highest BCUT2D eigenvalue weighted by atomic mass is 79.9. The van der Waals surface area contributed by atoms with Gasteiger partial charge >= 0.3 is 6.09 Å².